The fourth-order valence-electron chi connectivity index (χ4n) is 5.38. The molecule has 2 fully saturated rings. The molecule has 2 aromatic rings. The molecular weight excluding hydrogens is 440 g/mol. The van der Waals surface area contributed by atoms with Crippen molar-refractivity contribution in [2.45, 2.75) is 44.8 Å². The lowest BCUT2D eigenvalue weighted by Gasteiger charge is -2.34. The topological polar surface area (TPSA) is 93.6 Å². The summed E-state index contributed by atoms with van der Waals surface area (Å²) >= 11 is 0. The number of methoxy groups -OCH3 is 1. The van der Waals surface area contributed by atoms with Gasteiger partial charge in [0, 0.05) is 74.5 Å². The molecule has 1 aromatic heterocycles. The molecule has 0 radical (unpaired) electrons. The van der Waals surface area contributed by atoms with Crippen molar-refractivity contribution >= 4 is 34.5 Å². The Balaban J connectivity index is 1.48. The molecule has 0 unspecified atom stereocenters. The summed E-state index contributed by atoms with van der Waals surface area (Å²) in [5.74, 6) is 0.968. The van der Waals surface area contributed by atoms with Crippen molar-refractivity contribution in [1.82, 2.24) is 10.3 Å². The monoisotopic (exact) mass is 474 g/mol. The van der Waals surface area contributed by atoms with Crippen molar-refractivity contribution in [2.24, 2.45) is 5.92 Å². The number of piperidine rings is 1. The van der Waals surface area contributed by atoms with Gasteiger partial charge in [0.1, 0.15) is 5.82 Å². The summed E-state index contributed by atoms with van der Waals surface area (Å²) in [7, 11) is 3.62. The highest BCUT2D eigenvalue weighted by atomic mass is 16.5. The van der Waals surface area contributed by atoms with Gasteiger partial charge in [0.25, 0.3) is 0 Å². The van der Waals surface area contributed by atoms with Crippen LogP contribution in [-0.4, -0.2) is 50.0 Å². The number of ether oxygens (including phenoxy) is 1. The van der Waals surface area contributed by atoms with Gasteiger partial charge in [-0.05, 0) is 49.9 Å². The van der Waals surface area contributed by atoms with Crippen LogP contribution in [0.3, 0.4) is 0 Å². The van der Waals surface area contributed by atoms with E-state index in [2.05, 4.69) is 38.7 Å². The molecule has 3 N–H and O–H groups in total. The SMILES string of the molecule is CN/C=C1/CN(c2ccc3c(c2)N(C(=O)[C@H]2CC[C@H](OC)CC2)Cc2cccnc2N3)CCC1=N. The molecule has 35 heavy (non-hydrogen) atoms. The summed E-state index contributed by atoms with van der Waals surface area (Å²) in [4.78, 5) is 22.7. The number of hydrogen-bond acceptors (Lipinski definition) is 7. The number of carbonyl (C=O) groups excluding carboxylic acids is 1. The van der Waals surface area contributed by atoms with Crippen LogP contribution < -0.4 is 20.4 Å². The Morgan fingerprint density at radius 3 is 2.83 bits per heavy atom. The van der Waals surface area contributed by atoms with E-state index in [1.807, 2.05) is 30.3 Å². The first kappa shape index (κ1) is 23.4. The van der Waals surface area contributed by atoms with E-state index in [0.29, 0.717) is 25.2 Å². The molecule has 0 atom stereocenters. The van der Waals surface area contributed by atoms with Crippen LogP contribution >= 0.6 is 0 Å². The van der Waals surface area contributed by atoms with E-state index in [-0.39, 0.29) is 17.9 Å². The molecule has 5 rings (SSSR count). The largest absolute Gasteiger partial charge is 0.394 e. The van der Waals surface area contributed by atoms with Gasteiger partial charge in [0.2, 0.25) is 5.91 Å². The zero-order valence-corrected chi connectivity index (χ0v) is 20.5. The number of pyridine rings is 1. The molecule has 8 heteroatoms. The summed E-state index contributed by atoms with van der Waals surface area (Å²) in [5.41, 5.74) is 5.51. The van der Waals surface area contributed by atoms with E-state index < -0.39 is 0 Å². The van der Waals surface area contributed by atoms with Crippen molar-refractivity contribution in [2.75, 3.05) is 42.4 Å². The second-order valence-electron chi connectivity index (χ2n) is 9.58. The molecule has 1 amide bonds. The first-order valence-corrected chi connectivity index (χ1v) is 12.5. The van der Waals surface area contributed by atoms with Crippen molar-refractivity contribution in [3.63, 3.8) is 0 Å². The number of fused-ring (bicyclic) bond motifs is 2. The Morgan fingerprint density at radius 2 is 2.06 bits per heavy atom. The minimum atomic E-state index is -0.00301. The van der Waals surface area contributed by atoms with E-state index in [4.69, 9.17) is 10.1 Å². The van der Waals surface area contributed by atoms with Crippen molar-refractivity contribution in [3.8, 4) is 0 Å². The minimum absolute atomic E-state index is 0.00301. The predicted octanol–water partition coefficient (Wildman–Crippen LogP) is 4.21. The van der Waals surface area contributed by atoms with Gasteiger partial charge in [0.05, 0.1) is 24.0 Å². The van der Waals surface area contributed by atoms with Crippen LogP contribution in [0, 0.1) is 11.3 Å². The molecular formula is C27H34N6O2. The zero-order valence-electron chi connectivity index (χ0n) is 20.5. The molecule has 0 spiro atoms. The van der Waals surface area contributed by atoms with Crippen LogP contribution in [0.25, 0.3) is 0 Å². The third-order valence-corrected chi connectivity index (χ3v) is 7.43. The first-order valence-electron chi connectivity index (χ1n) is 12.5. The van der Waals surface area contributed by atoms with Gasteiger partial charge < -0.3 is 30.6 Å². The average Bonchev–Trinajstić information content (AvgIpc) is 3.06. The van der Waals surface area contributed by atoms with Gasteiger partial charge in [-0.3, -0.25) is 4.79 Å². The predicted molar refractivity (Wildman–Crippen MR) is 140 cm³/mol. The summed E-state index contributed by atoms with van der Waals surface area (Å²) in [6.07, 6.45) is 8.19. The smallest absolute Gasteiger partial charge is 0.230 e. The fourth-order valence-corrected chi connectivity index (χ4v) is 5.38. The Bertz CT molecular complexity index is 1140. The van der Waals surface area contributed by atoms with E-state index in [0.717, 1.165) is 66.2 Å². The molecule has 1 saturated heterocycles. The van der Waals surface area contributed by atoms with Crippen molar-refractivity contribution in [1.29, 1.82) is 5.41 Å². The second kappa shape index (κ2) is 10.1. The minimum Gasteiger partial charge on any atom is -0.394 e. The molecule has 3 heterocycles. The number of carbonyl (C=O) groups is 1. The van der Waals surface area contributed by atoms with Crippen LogP contribution in [0.5, 0.6) is 0 Å². The van der Waals surface area contributed by atoms with Crippen LogP contribution in [0.2, 0.25) is 0 Å². The fraction of sp³-hybridized carbons (Fsp3) is 0.444. The maximum absolute atomic E-state index is 13.9. The number of rotatable bonds is 4. The number of nitrogens with zero attached hydrogens (tertiary/aromatic N) is 3. The Hall–Kier alpha value is -3.39. The van der Waals surface area contributed by atoms with Gasteiger partial charge in [-0.25, -0.2) is 4.98 Å². The number of benzene rings is 1. The summed E-state index contributed by atoms with van der Waals surface area (Å²) in [6.45, 7) is 1.94. The molecule has 1 saturated carbocycles. The third-order valence-electron chi connectivity index (χ3n) is 7.43. The van der Waals surface area contributed by atoms with Crippen molar-refractivity contribution < 1.29 is 9.53 Å². The highest BCUT2D eigenvalue weighted by Crippen LogP contribution is 2.40. The molecule has 2 aliphatic heterocycles. The maximum atomic E-state index is 13.9. The Labute approximate surface area is 206 Å². The Kier molecular flexibility index (Phi) is 6.72. The Morgan fingerprint density at radius 1 is 1.23 bits per heavy atom. The molecule has 184 valence electrons. The summed E-state index contributed by atoms with van der Waals surface area (Å²) < 4.78 is 5.53. The van der Waals surface area contributed by atoms with Crippen molar-refractivity contribution in [3.05, 3.63) is 53.9 Å². The molecule has 8 nitrogen and oxygen atoms in total. The van der Waals surface area contributed by atoms with E-state index >= 15 is 0 Å². The number of nitrogens with one attached hydrogen (secondary N) is 3. The molecule has 3 aliphatic rings. The normalized spacial score (nSPS) is 23.3. The lowest BCUT2D eigenvalue weighted by atomic mass is 9.86. The summed E-state index contributed by atoms with van der Waals surface area (Å²) in [6, 6.07) is 10.2. The lowest BCUT2D eigenvalue weighted by molar-refractivity contribution is -0.124. The standard InChI is InChI=1S/C27H34N6O2/c1-29-15-20-16-32(13-11-23(20)28)21-7-10-24-25(14-21)33(17-19-4-3-12-30-26(19)31-24)27(34)18-5-8-22(35-2)9-6-18/h3-4,7,10,12,14-15,18,22,28-29H,5-6,8-9,11,13,16-17H2,1-2H3,(H,30,31)/b20-15-,28-23?/t18-,22-. The molecule has 1 aromatic carbocycles. The number of amides is 1. The van der Waals surface area contributed by atoms with E-state index in [9.17, 15) is 4.79 Å². The van der Waals surface area contributed by atoms with Gasteiger partial charge in [-0.15, -0.1) is 0 Å². The molecule has 0 bridgehead atoms. The van der Waals surface area contributed by atoms with Gasteiger partial charge in [0.15, 0.2) is 0 Å². The zero-order chi connectivity index (χ0) is 24.4. The number of anilines is 4. The third kappa shape index (κ3) is 4.75. The van der Waals surface area contributed by atoms with Crippen LogP contribution in [0.15, 0.2) is 48.3 Å². The second-order valence-corrected chi connectivity index (χ2v) is 9.58. The first-order chi connectivity index (χ1) is 17.1. The van der Waals surface area contributed by atoms with Crippen LogP contribution in [0.4, 0.5) is 22.9 Å². The number of hydrogen-bond donors (Lipinski definition) is 3. The van der Waals surface area contributed by atoms with Gasteiger partial charge in [-0.2, -0.15) is 0 Å². The van der Waals surface area contributed by atoms with E-state index in [1.54, 1.807) is 13.3 Å². The highest BCUT2D eigenvalue weighted by Gasteiger charge is 2.33. The van der Waals surface area contributed by atoms with E-state index in [1.165, 1.54) is 0 Å². The maximum Gasteiger partial charge on any atom is 0.230 e. The van der Waals surface area contributed by atoms with Crippen LogP contribution in [-0.2, 0) is 16.1 Å². The van der Waals surface area contributed by atoms with Crippen LogP contribution in [0.1, 0.15) is 37.7 Å². The van der Waals surface area contributed by atoms with Gasteiger partial charge in [-0.1, -0.05) is 6.07 Å². The summed E-state index contributed by atoms with van der Waals surface area (Å²) in [5, 5.41) is 14.8. The van der Waals surface area contributed by atoms with Gasteiger partial charge >= 0.3 is 0 Å². The number of aromatic nitrogens is 1. The average molecular weight is 475 g/mol. The highest BCUT2D eigenvalue weighted by molar-refractivity contribution is 6.01. The molecule has 1 aliphatic carbocycles. The lowest BCUT2D eigenvalue weighted by Crippen LogP contribution is -2.39. The quantitative estimate of drug-likeness (QED) is 0.615.